The molecule has 2 rings (SSSR count). The molecule has 0 unspecified atom stereocenters. The lowest BCUT2D eigenvalue weighted by atomic mass is 10.2. The first kappa shape index (κ1) is 6.71. The van der Waals surface area contributed by atoms with Crippen LogP contribution in [-0.2, 0) is 0 Å². The number of para-hydroxylation sites is 1. The van der Waals surface area contributed by atoms with Gasteiger partial charge in [0.2, 0.25) is 0 Å². The highest BCUT2D eigenvalue weighted by molar-refractivity contribution is 5.32. The molecule has 1 aromatic rings. The third kappa shape index (κ3) is 1.53. The van der Waals surface area contributed by atoms with Crippen molar-refractivity contribution >= 4 is 0 Å². The number of hydrogen-bond acceptors (Lipinski definition) is 1. The van der Waals surface area contributed by atoms with Gasteiger partial charge in [-0.25, -0.2) is 0 Å². The fraction of sp³-hybridized carbons (Fsp3) is 0.400. The zero-order chi connectivity index (χ0) is 7.68. The average molecular weight is 148 g/mol. The Morgan fingerprint density at radius 1 is 1.27 bits per heavy atom. The Labute approximate surface area is 67.0 Å². The summed E-state index contributed by atoms with van der Waals surface area (Å²) in [4.78, 5) is 0. The van der Waals surface area contributed by atoms with E-state index in [4.69, 9.17) is 4.74 Å². The van der Waals surface area contributed by atoms with Gasteiger partial charge in [0.1, 0.15) is 5.75 Å². The molecule has 1 fully saturated rings. The van der Waals surface area contributed by atoms with Crippen LogP contribution in [-0.4, -0.2) is 6.10 Å². The van der Waals surface area contributed by atoms with Crippen LogP contribution in [0.1, 0.15) is 18.4 Å². The lowest BCUT2D eigenvalue weighted by Crippen LogP contribution is -1.96. The van der Waals surface area contributed by atoms with Crippen molar-refractivity contribution in [2.45, 2.75) is 25.9 Å². The summed E-state index contributed by atoms with van der Waals surface area (Å²) in [5.41, 5.74) is 1.24. The molecule has 0 saturated heterocycles. The quantitative estimate of drug-likeness (QED) is 0.626. The summed E-state index contributed by atoms with van der Waals surface area (Å²) in [5, 5.41) is 0. The zero-order valence-corrected chi connectivity index (χ0v) is 6.71. The second-order valence-electron chi connectivity index (χ2n) is 3.08. The van der Waals surface area contributed by atoms with E-state index in [1.807, 2.05) is 18.2 Å². The highest BCUT2D eigenvalue weighted by Gasteiger charge is 2.23. The van der Waals surface area contributed by atoms with E-state index in [1.165, 1.54) is 18.4 Å². The molecule has 1 nitrogen and oxygen atoms in total. The van der Waals surface area contributed by atoms with Gasteiger partial charge >= 0.3 is 0 Å². The fourth-order valence-corrected chi connectivity index (χ4v) is 1.05. The molecule has 58 valence electrons. The summed E-state index contributed by atoms with van der Waals surface area (Å²) in [6, 6.07) is 8.17. The largest absolute Gasteiger partial charge is 0.490 e. The number of rotatable bonds is 2. The van der Waals surface area contributed by atoms with Gasteiger partial charge in [-0.2, -0.15) is 0 Å². The number of hydrogen-bond donors (Lipinski definition) is 0. The highest BCUT2D eigenvalue weighted by Crippen LogP contribution is 2.28. The SMILES string of the molecule is Cc1ccccc1OC1CC1. The Morgan fingerprint density at radius 3 is 2.64 bits per heavy atom. The molecule has 0 N–H and O–H groups in total. The van der Waals surface area contributed by atoms with Crippen LogP contribution < -0.4 is 4.74 Å². The van der Waals surface area contributed by atoms with Crippen LogP contribution in [0, 0.1) is 6.92 Å². The minimum atomic E-state index is 0.510. The molecule has 1 saturated carbocycles. The predicted molar refractivity (Wildman–Crippen MR) is 44.8 cm³/mol. The molecule has 0 atom stereocenters. The molecule has 1 aromatic carbocycles. The Morgan fingerprint density at radius 2 is 2.00 bits per heavy atom. The van der Waals surface area contributed by atoms with Crippen molar-refractivity contribution in [2.24, 2.45) is 0 Å². The maximum Gasteiger partial charge on any atom is 0.122 e. The van der Waals surface area contributed by atoms with E-state index in [2.05, 4.69) is 13.0 Å². The molecular weight excluding hydrogens is 136 g/mol. The van der Waals surface area contributed by atoms with Gasteiger partial charge in [0.15, 0.2) is 0 Å². The second kappa shape index (κ2) is 2.57. The van der Waals surface area contributed by atoms with Gasteiger partial charge in [-0.05, 0) is 31.4 Å². The van der Waals surface area contributed by atoms with Gasteiger partial charge in [0.05, 0.1) is 6.10 Å². The Kier molecular flexibility index (Phi) is 1.57. The van der Waals surface area contributed by atoms with Gasteiger partial charge in [-0.15, -0.1) is 0 Å². The molecule has 0 bridgehead atoms. The zero-order valence-electron chi connectivity index (χ0n) is 6.71. The standard InChI is InChI=1S/C10H12O/c1-8-4-2-3-5-10(8)11-9-6-7-9/h2-5,9H,6-7H2,1H3. The normalized spacial score (nSPS) is 16.5. The molecule has 0 radical (unpaired) electrons. The summed E-state index contributed by atoms with van der Waals surface area (Å²) in [6.45, 7) is 2.08. The van der Waals surface area contributed by atoms with E-state index < -0.39 is 0 Å². The Hall–Kier alpha value is -0.980. The topological polar surface area (TPSA) is 9.23 Å². The fourth-order valence-electron chi connectivity index (χ4n) is 1.05. The summed E-state index contributed by atoms with van der Waals surface area (Å²) < 4.78 is 5.66. The molecule has 1 aliphatic carbocycles. The van der Waals surface area contributed by atoms with E-state index in [0.29, 0.717) is 6.10 Å². The molecule has 0 aromatic heterocycles. The van der Waals surface area contributed by atoms with Crippen LogP contribution in [0.5, 0.6) is 5.75 Å². The minimum Gasteiger partial charge on any atom is -0.490 e. The van der Waals surface area contributed by atoms with Crippen LogP contribution >= 0.6 is 0 Å². The first-order valence-corrected chi connectivity index (χ1v) is 4.08. The van der Waals surface area contributed by atoms with Gasteiger partial charge in [-0.3, -0.25) is 0 Å². The average Bonchev–Trinajstić information content (AvgIpc) is 2.78. The van der Waals surface area contributed by atoms with Crippen molar-refractivity contribution in [3.63, 3.8) is 0 Å². The summed E-state index contributed by atoms with van der Waals surface area (Å²) in [5.74, 6) is 1.05. The van der Waals surface area contributed by atoms with Gasteiger partial charge < -0.3 is 4.74 Å². The number of ether oxygens (including phenoxy) is 1. The predicted octanol–water partition coefficient (Wildman–Crippen LogP) is 2.54. The third-order valence-corrected chi connectivity index (χ3v) is 1.91. The van der Waals surface area contributed by atoms with E-state index >= 15 is 0 Å². The van der Waals surface area contributed by atoms with Crippen molar-refractivity contribution in [2.75, 3.05) is 0 Å². The lowest BCUT2D eigenvalue weighted by Gasteiger charge is -2.05. The van der Waals surface area contributed by atoms with E-state index in [-0.39, 0.29) is 0 Å². The number of benzene rings is 1. The van der Waals surface area contributed by atoms with Crippen LogP contribution in [0.2, 0.25) is 0 Å². The molecular formula is C10H12O. The van der Waals surface area contributed by atoms with Crippen LogP contribution in [0.3, 0.4) is 0 Å². The van der Waals surface area contributed by atoms with Crippen LogP contribution in [0.4, 0.5) is 0 Å². The molecule has 0 heterocycles. The Bertz CT molecular complexity index is 251. The molecule has 1 heteroatoms. The smallest absolute Gasteiger partial charge is 0.122 e. The molecule has 0 amide bonds. The molecule has 1 aliphatic rings. The van der Waals surface area contributed by atoms with E-state index in [1.54, 1.807) is 0 Å². The van der Waals surface area contributed by atoms with Crippen LogP contribution in [0.25, 0.3) is 0 Å². The van der Waals surface area contributed by atoms with Crippen molar-refractivity contribution in [3.8, 4) is 5.75 Å². The Balaban J connectivity index is 2.15. The van der Waals surface area contributed by atoms with Crippen molar-refractivity contribution in [1.29, 1.82) is 0 Å². The molecule has 0 spiro atoms. The highest BCUT2D eigenvalue weighted by atomic mass is 16.5. The summed E-state index contributed by atoms with van der Waals surface area (Å²) >= 11 is 0. The van der Waals surface area contributed by atoms with Crippen molar-refractivity contribution in [1.82, 2.24) is 0 Å². The lowest BCUT2D eigenvalue weighted by molar-refractivity contribution is 0.301. The van der Waals surface area contributed by atoms with E-state index in [9.17, 15) is 0 Å². The third-order valence-electron chi connectivity index (χ3n) is 1.91. The first-order valence-electron chi connectivity index (χ1n) is 4.08. The first-order chi connectivity index (χ1) is 5.36. The summed E-state index contributed by atoms with van der Waals surface area (Å²) in [7, 11) is 0. The molecule has 0 aliphatic heterocycles. The van der Waals surface area contributed by atoms with Crippen molar-refractivity contribution in [3.05, 3.63) is 29.8 Å². The van der Waals surface area contributed by atoms with Crippen LogP contribution in [0.15, 0.2) is 24.3 Å². The maximum absolute atomic E-state index is 5.66. The van der Waals surface area contributed by atoms with Crippen molar-refractivity contribution < 1.29 is 4.74 Å². The van der Waals surface area contributed by atoms with E-state index in [0.717, 1.165) is 5.75 Å². The molecule has 11 heavy (non-hydrogen) atoms. The minimum absolute atomic E-state index is 0.510. The van der Waals surface area contributed by atoms with Gasteiger partial charge in [-0.1, -0.05) is 18.2 Å². The van der Waals surface area contributed by atoms with Gasteiger partial charge in [0.25, 0.3) is 0 Å². The monoisotopic (exact) mass is 148 g/mol. The second-order valence-corrected chi connectivity index (χ2v) is 3.08. The van der Waals surface area contributed by atoms with Gasteiger partial charge in [0, 0.05) is 0 Å². The number of aryl methyl sites for hydroxylation is 1. The summed E-state index contributed by atoms with van der Waals surface area (Å²) in [6.07, 6.45) is 2.97. The maximum atomic E-state index is 5.66.